The molecule has 0 bridgehead atoms. The maximum absolute atomic E-state index is 11.3. The molecule has 166 valence electrons. The summed E-state index contributed by atoms with van der Waals surface area (Å²) in [7, 11) is -1.22. The first-order chi connectivity index (χ1) is 13.2. The highest BCUT2D eigenvalue weighted by atomic mass is 127. The van der Waals surface area contributed by atoms with Gasteiger partial charge >= 0.3 is 0 Å². The highest BCUT2D eigenvalue weighted by Crippen LogP contribution is 2.18. The summed E-state index contributed by atoms with van der Waals surface area (Å²) in [4.78, 5) is 6.77. The van der Waals surface area contributed by atoms with Gasteiger partial charge in [-0.2, -0.15) is 0 Å². The Kier molecular flexibility index (Phi) is 11.5. The van der Waals surface area contributed by atoms with Gasteiger partial charge in [-0.3, -0.25) is 9.89 Å². The molecule has 0 radical (unpaired) electrons. The molecule has 1 saturated heterocycles. The topological polar surface area (TPSA) is 73.8 Å². The Labute approximate surface area is 193 Å². The van der Waals surface area contributed by atoms with Gasteiger partial charge in [0.05, 0.1) is 5.75 Å². The molecule has 1 atom stereocenters. The number of benzene rings is 1. The number of nitrogens with one attached hydrogen (secondary N) is 2. The van der Waals surface area contributed by atoms with E-state index in [1.54, 1.807) is 7.05 Å². The van der Waals surface area contributed by atoms with Crippen LogP contribution in [0.1, 0.15) is 44.2 Å². The summed E-state index contributed by atoms with van der Waals surface area (Å²) in [6, 6.07) is 8.78. The zero-order valence-electron chi connectivity index (χ0n) is 18.1. The van der Waals surface area contributed by atoms with Crippen LogP contribution in [0.3, 0.4) is 0 Å². The van der Waals surface area contributed by atoms with Crippen molar-refractivity contribution in [3.8, 4) is 0 Å². The van der Waals surface area contributed by atoms with Gasteiger partial charge in [0.1, 0.15) is 9.84 Å². The molecule has 6 nitrogen and oxygen atoms in total. The minimum atomic E-state index is -2.94. The van der Waals surface area contributed by atoms with Crippen LogP contribution in [0.25, 0.3) is 0 Å². The molecule has 0 saturated carbocycles. The zero-order chi connectivity index (χ0) is 20.6. The summed E-state index contributed by atoms with van der Waals surface area (Å²) in [6.45, 7) is 8.41. The average molecular weight is 537 g/mol. The molecule has 2 N–H and O–H groups in total. The van der Waals surface area contributed by atoms with Crippen molar-refractivity contribution in [3.05, 3.63) is 35.4 Å². The van der Waals surface area contributed by atoms with Gasteiger partial charge < -0.3 is 10.6 Å². The molecular weight excluding hydrogens is 499 g/mol. The third kappa shape index (κ3) is 10.6. The molecule has 1 aliphatic heterocycles. The molecule has 1 aromatic carbocycles. The van der Waals surface area contributed by atoms with E-state index in [4.69, 9.17) is 0 Å². The van der Waals surface area contributed by atoms with Crippen LogP contribution in [0.4, 0.5) is 0 Å². The van der Waals surface area contributed by atoms with Gasteiger partial charge in [0.15, 0.2) is 5.96 Å². The molecule has 1 unspecified atom stereocenters. The van der Waals surface area contributed by atoms with Gasteiger partial charge in [-0.15, -0.1) is 24.0 Å². The number of aliphatic imine (C=N–C) groups is 1. The first-order valence-electron chi connectivity index (χ1n) is 10.2. The Morgan fingerprint density at radius 3 is 2.34 bits per heavy atom. The van der Waals surface area contributed by atoms with Gasteiger partial charge in [-0.25, -0.2) is 8.42 Å². The van der Waals surface area contributed by atoms with E-state index in [-0.39, 0.29) is 35.8 Å². The van der Waals surface area contributed by atoms with Crippen LogP contribution in [-0.4, -0.2) is 57.5 Å². The molecule has 1 heterocycles. The van der Waals surface area contributed by atoms with Crippen LogP contribution in [0, 0.1) is 5.92 Å². The number of piperidine rings is 1. The molecule has 1 fully saturated rings. The van der Waals surface area contributed by atoms with Crippen LogP contribution >= 0.6 is 24.0 Å². The third-order valence-electron chi connectivity index (χ3n) is 5.29. The molecule has 0 spiro atoms. The normalized spacial score (nSPS) is 17.4. The summed E-state index contributed by atoms with van der Waals surface area (Å²) in [6.07, 6.45) is 4.43. The number of likely N-dealkylation sites (tertiary alicyclic amines) is 1. The number of nitrogens with zero attached hydrogens (tertiary/aromatic N) is 2. The second kappa shape index (κ2) is 12.7. The number of sulfone groups is 1. The Bertz CT molecular complexity index is 730. The van der Waals surface area contributed by atoms with E-state index in [1.165, 1.54) is 43.3 Å². The number of hydrogen-bond donors (Lipinski definition) is 2. The molecule has 0 amide bonds. The summed E-state index contributed by atoms with van der Waals surface area (Å²) in [5, 5.41) is 6.54. The predicted molar refractivity (Wildman–Crippen MR) is 133 cm³/mol. The summed E-state index contributed by atoms with van der Waals surface area (Å²) < 4.78 is 22.6. The number of rotatable bonds is 8. The first kappa shape index (κ1) is 26.2. The largest absolute Gasteiger partial charge is 0.354 e. The summed E-state index contributed by atoms with van der Waals surface area (Å²) >= 11 is 0. The van der Waals surface area contributed by atoms with Crippen LogP contribution in [0.15, 0.2) is 29.3 Å². The standard InChI is InChI=1S/C21H36N4O2S.HI/c1-17-9-12-25(13-10-17)16-20-7-5-19(6-8-20)15-23-21(22-3)24-18(2)11-14-28(4,26)27;/h5-8,17-18H,9-16H2,1-4H3,(H2,22,23,24);1H. The van der Waals surface area contributed by atoms with E-state index in [0.29, 0.717) is 18.9 Å². The van der Waals surface area contributed by atoms with Crippen molar-refractivity contribution in [2.45, 2.75) is 52.2 Å². The Morgan fingerprint density at radius 2 is 1.79 bits per heavy atom. The van der Waals surface area contributed by atoms with Gasteiger partial charge in [0, 0.05) is 32.4 Å². The van der Waals surface area contributed by atoms with Crippen molar-refractivity contribution >= 4 is 39.8 Å². The third-order valence-corrected chi connectivity index (χ3v) is 6.27. The zero-order valence-corrected chi connectivity index (χ0v) is 21.3. The molecule has 0 aromatic heterocycles. The first-order valence-corrected chi connectivity index (χ1v) is 12.3. The number of hydrogen-bond acceptors (Lipinski definition) is 4. The number of guanidine groups is 1. The van der Waals surface area contributed by atoms with Crippen molar-refractivity contribution in [2.24, 2.45) is 10.9 Å². The smallest absolute Gasteiger partial charge is 0.191 e. The maximum atomic E-state index is 11.3. The minimum absolute atomic E-state index is 0. The van der Waals surface area contributed by atoms with Crippen LogP contribution in [0.2, 0.25) is 0 Å². The fraction of sp³-hybridized carbons (Fsp3) is 0.667. The summed E-state index contributed by atoms with van der Waals surface area (Å²) in [5.74, 6) is 1.73. The van der Waals surface area contributed by atoms with E-state index >= 15 is 0 Å². The van der Waals surface area contributed by atoms with E-state index in [1.807, 2.05) is 6.92 Å². The van der Waals surface area contributed by atoms with Crippen molar-refractivity contribution < 1.29 is 8.42 Å². The maximum Gasteiger partial charge on any atom is 0.191 e. The van der Waals surface area contributed by atoms with Crippen molar-refractivity contribution in [1.82, 2.24) is 15.5 Å². The van der Waals surface area contributed by atoms with Gasteiger partial charge in [0.25, 0.3) is 0 Å². The fourth-order valence-electron chi connectivity index (χ4n) is 3.32. The highest BCUT2D eigenvalue weighted by Gasteiger charge is 2.15. The van der Waals surface area contributed by atoms with Crippen molar-refractivity contribution in [3.63, 3.8) is 0 Å². The lowest BCUT2D eigenvalue weighted by Crippen LogP contribution is -2.42. The molecule has 0 aliphatic carbocycles. The van der Waals surface area contributed by atoms with Crippen LogP contribution in [-0.2, 0) is 22.9 Å². The molecular formula is C21H37IN4O2S. The van der Waals surface area contributed by atoms with Gasteiger partial charge in [-0.05, 0) is 56.3 Å². The number of halogens is 1. The molecule has 1 aliphatic rings. The molecule has 8 heteroatoms. The van der Waals surface area contributed by atoms with Crippen LogP contribution in [0.5, 0.6) is 0 Å². The van der Waals surface area contributed by atoms with Gasteiger partial charge in [0.2, 0.25) is 0 Å². The summed E-state index contributed by atoms with van der Waals surface area (Å²) in [5.41, 5.74) is 2.55. The predicted octanol–water partition coefficient (Wildman–Crippen LogP) is 3.02. The van der Waals surface area contributed by atoms with Gasteiger partial charge in [-0.1, -0.05) is 31.2 Å². The Hall–Kier alpha value is -0.870. The van der Waals surface area contributed by atoms with Crippen molar-refractivity contribution in [2.75, 3.05) is 32.1 Å². The highest BCUT2D eigenvalue weighted by molar-refractivity contribution is 14.0. The van der Waals surface area contributed by atoms with Crippen LogP contribution < -0.4 is 10.6 Å². The lowest BCUT2D eigenvalue weighted by molar-refractivity contribution is 0.185. The molecule has 29 heavy (non-hydrogen) atoms. The quantitative estimate of drug-likeness (QED) is 0.304. The Balaban J connectivity index is 0.00000420. The van der Waals surface area contributed by atoms with Crippen molar-refractivity contribution in [1.29, 1.82) is 0 Å². The van der Waals surface area contributed by atoms with E-state index in [0.717, 1.165) is 12.5 Å². The lowest BCUT2D eigenvalue weighted by atomic mass is 9.99. The monoisotopic (exact) mass is 536 g/mol. The Morgan fingerprint density at radius 1 is 1.21 bits per heavy atom. The minimum Gasteiger partial charge on any atom is -0.354 e. The van der Waals surface area contributed by atoms with E-state index in [2.05, 4.69) is 51.7 Å². The molecule has 1 aromatic rings. The van der Waals surface area contributed by atoms with E-state index in [9.17, 15) is 8.42 Å². The second-order valence-corrected chi connectivity index (χ2v) is 10.4. The van der Waals surface area contributed by atoms with E-state index < -0.39 is 9.84 Å². The lowest BCUT2D eigenvalue weighted by Gasteiger charge is -2.30. The SMILES string of the molecule is CN=C(NCc1ccc(CN2CCC(C)CC2)cc1)NC(C)CCS(C)(=O)=O.I. The fourth-order valence-corrected chi connectivity index (χ4v) is 4.10. The second-order valence-electron chi connectivity index (χ2n) is 8.16. The molecule has 2 rings (SSSR count). The average Bonchev–Trinajstić information content (AvgIpc) is 2.66.